The number of nitrogens with zero attached hydrogens (tertiary/aromatic N) is 6. The number of aryl methyl sites for hydroxylation is 1. The van der Waals surface area contributed by atoms with Gasteiger partial charge >= 0.3 is 301 Å². The summed E-state index contributed by atoms with van der Waals surface area (Å²) in [6.45, 7) is 14.7. The molecule has 294 valence electrons. The van der Waals surface area contributed by atoms with Gasteiger partial charge in [-0.1, -0.05) is 0 Å². The molecular weight excluding hydrogens is 781 g/mol. The van der Waals surface area contributed by atoms with Crippen molar-refractivity contribution in [1.82, 2.24) is 24.8 Å². The van der Waals surface area contributed by atoms with Gasteiger partial charge in [0, 0.05) is 0 Å². The van der Waals surface area contributed by atoms with Gasteiger partial charge < -0.3 is 0 Å². The second-order valence-electron chi connectivity index (χ2n) is 18.0. The smallest absolute Gasteiger partial charge is 0.0253 e. The van der Waals surface area contributed by atoms with E-state index in [9.17, 15) is 9.18 Å². The third kappa shape index (κ3) is 7.61. The van der Waals surface area contributed by atoms with Crippen LogP contribution in [0.1, 0.15) is 131 Å². The second-order valence-corrected chi connectivity index (χ2v) is 31.0. The minimum absolute atomic E-state index is 0.00563. The van der Waals surface area contributed by atoms with E-state index < -0.39 is 30.1 Å². The van der Waals surface area contributed by atoms with Gasteiger partial charge in [0.05, 0.1) is 0 Å². The van der Waals surface area contributed by atoms with Crippen LogP contribution in [0, 0.1) is 5.82 Å². The molecule has 2 aromatic rings. The molecule has 0 unspecified atom stereocenters. The van der Waals surface area contributed by atoms with Crippen LogP contribution in [-0.2, 0) is 11.2 Å². The van der Waals surface area contributed by atoms with Crippen molar-refractivity contribution in [2.45, 2.75) is 180 Å². The molecule has 53 heavy (non-hydrogen) atoms. The predicted octanol–water partition coefficient (Wildman–Crippen LogP) is 8.47. The summed E-state index contributed by atoms with van der Waals surface area (Å²) in [5.41, 5.74) is 0.332. The van der Waals surface area contributed by atoms with E-state index >= 15 is 4.39 Å². The molecule has 4 saturated heterocycles. The number of hydrogen-bond donors (Lipinski definition) is 0. The SMILES string of the molecule is CCC[CH2][Sn]([CH2]CCC)([CH2]CCC)[c]1nc2c3c(nc(OC[C@@]45CCCN4C[C@H](F)C5)nc3c1F)N1C[C@H]3CC[C@@H]([C@H]1CCC2)N3C(=O)OC(C)(C)C. The Morgan fingerprint density at radius 1 is 0.943 bits per heavy atom. The number of amides is 1. The zero-order valence-corrected chi connectivity index (χ0v) is 36.2. The standard InChI is InChI=1S/C29H37F2N6O3.3C4H9.Sn/c1-28(2,3)40-27(38)37-18-8-9-22(37)21-7-4-6-20-23-24(19(31)13-32-20)33-26(34-25(23)36(21)15-18)39-16-29-10-5-11-35(29)14-17(30)12-29;3*1-3-4-2;/h17-18,21-22H,4-12,14-16H2,1-3H3;3*1,3-4H2,2H3;/t17-,18-,21-,22+,29+;;;;/m1..../s1. The molecule has 5 atom stereocenters. The van der Waals surface area contributed by atoms with Crippen molar-refractivity contribution < 1.29 is 23.0 Å². The van der Waals surface area contributed by atoms with Crippen LogP contribution in [0.2, 0.25) is 13.3 Å². The minimum Gasteiger partial charge on any atom is -0.0253 e. The summed E-state index contributed by atoms with van der Waals surface area (Å²) in [4.78, 5) is 35.8. The van der Waals surface area contributed by atoms with Gasteiger partial charge in [0.25, 0.3) is 0 Å². The third-order valence-corrected chi connectivity index (χ3v) is 28.2. The number of aromatic nitrogens is 3. The Hall–Kier alpha value is -2.02. The molecule has 0 radical (unpaired) electrons. The molecule has 0 aliphatic carbocycles. The molecule has 0 aromatic carbocycles. The number of anilines is 1. The average molecular weight is 846 g/mol. The van der Waals surface area contributed by atoms with Gasteiger partial charge in [-0.05, 0) is 20.8 Å². The quantitative estimate of drug-likeness (QED) is 0.186. The maximum absolute atomic E-state index is 17.8. The van der Waals surface area contributed by atoms with Crippen LogP contribution in [0.3, 0.4) is 0 Å². The molecule has 0 saturated carbocycles. The Kier molecular flexibility index (Phi) is 11.7. The molecule has 9 nitrogen and oxygen atoms in total. The number of pyridine rings is 1. The summed E-state index contributed by atoms with van der Waals surface area (Å²) >= 11 is -3.36. The molecule has 12 heteroatoms. The van der Waals surface area contributed by atoms with Crippen LogP contribution >= 0.6 is 0 Å². The van der Waals surface area contributed by atoms with Crippen LogP contribution in [0.5, 0.6) is 6.01 Å². The molecule has 2 bridgehead atoms. The van der Waals surface area contributed by atoms with Gasteiger partial charge in [-0.25, -0.2) is 0 Å². The first kappa shape index (κ1) is 39.2. The van der Waals surface area contributed by atoms with Gasteiger partial charge in [-0.3, -0.25) is 0 Å². The van der Waals surface area contributed by atoms with E-state index in [1.54, 1.807) is 0 Å². The van der Waals surface area contributed by atoms with Gasteiger partial charge in [0.15, 0.2) is 0 Å². The van der Waals surface area contributed by atoms with Gasteiger partial charge in [-0.15, -0.1) is 0 Å². The van der Waals surface area contributed by atoms with E-state index in [0.29, 0.717) is 37.5 Å². The van der Waals surface area contributed by atoms with Crippen LogP contribution in [0.4, 0.5) is 19.4 Å². The Labute approximate surface area is 320 Å². The van der Waals surface area contributed by atoms with E-state index in [0.717, 1.165) is 118 Å². The van der Waals surface area contributed by atoms with Crippen molar-refractivity contribution >= 4 is 44.9 Å². The molecule has 0 N–H and O–H groups in total. The summed E-state index contributed by atoms with van der Waals surface area (Å²) in [5.74, 6) is 0.449. The van der Waals surface area contributed by atoms with Crippen LogP contribution in [0.25, 0.3) is 10.9 Å². The number of unbranched alkanes of at least 4 members (excludes halogenated alkanes) is 3. The molecule has 0 spiro atoms. The molecule has 2 aromatic heterocycles. The normalized spacial score (nSPS) is 27.2. The summed E-state index contributed by atoms with van der Waals surface area (Å²) in [6, 6.07) is 0.123. The average Bonchev–Trinajstić information content (AvgIpc) is 3.76. The van der Waals surface area contributed by atoms with Crippen molar-refractivity contribution in [2.75, 3.05) is 31.1 Å². The Balaban J connectivity index is 1.36. The number of carbonyl (C=O) groups excluding carboxylic acids is 1. The van der Waals surface area contributed by atoms with Crippen molar-refractivity contribution in [3.8, 4) is 6.01 Å². The van der Waals surface area contributed by atoms with Crippen molar-refractivity contribution in [3.05, 3.63) is 11.5 Å². The zero-order chi connectivity index (χ0) is 37.5. The fraction of sp³-hybridized carbons (Fsp3) is 0.805. The zero-order valence-electron chi connectivity index (χ0n) is 33.3. The van der Waals surface area contributed by atoms with E-state index in [4.69, 9.17) is 24.4 Å². The van der Waals surface area contributed by atoms with Crippen LogP contribution in [0.15, 0.2) is 0 Å². The molecule has 4 fully saturated rings. The first-order valence-electron chi connectivity index (χ1n) is 21.1. The molecule has 5 aliphatic heterocycles. The summed E-state index contributed by atoms with van der Waals surface area (Å²) in [5, 5.41) is 0.723. The number of alkyl halides is 1. The van der Waals surface area contributed by atoms with Gasteiger partial charge in [-0.2, -0.15) is 0 Å². The van der Waals surface area contributed by atoms with E-state index in [1.807, 2.05) is 25.7 Å². The van der Waals surface area contributed by atoms with Crippen molar-refractivity contribution in [1.29, 1.82) is 0 Å². The number of rotatable bonds is 13. The summed E-state index contributed by atoms with van der Waals surface area (Å²) < 4.78 is 49.2. The Morgan fingerprint density at radius 3 is 2.34 bits per heavy atom. The van der Waals surface area contributed by atoms with E-state index in [-0.39, 0.29) is 41.6 Å². The van der Waals surface area contributed by atoms with Crippen LogP contribution in [-0.4, -0.2) is 111 Å². The number of fused-ring (bicyclic) bond motifs is 6. The molecule has 5 aliphatic rings. The first-order valence-corrected chi connectivity index (χ1v) is 28.6. The number of carbonyl (C=O) groups is 1. The molecule has 7 rings (SSSR count). The second kappa shape index (κ2) is 15.8. The number of halogens is 2. The molecule has 7 heterocycles. The van der Waals surface area contributed by atoms with E-state index in [2.05, 4.69) is 30.6 Å². The van der Waals surface area contributed by atoms with Crippen molar-refractivity contribution in [2.24, 2.45) is 0 Å². The molecular formula is C41H64F2N6O3Sn. The Bertz CT molecular complexity index is 1620. The fourth-order valence-electron chi connectivity index (χ4n) is 10.6. The van der Waals surface area contributed by atoms with E-state index in [1.165, 1.54) is 0 Å². The third-order valence-electron chi connectivity index (χ3n) is 13.2. The predicted molar refractivity (Wildman–Crippen MR) is 209 cm³/mol. The summed E-state index contributed by atoms with van der Waals surface area (Å²) in [6.07, 6.45) is 12.1. The topological polar surface area (TPSA) is 83.9 Å². The number of piperazine rings is 1. The van der Waals surface area contributed by atoms with Crippen LogP contribution < -0.4 is 13.3 Å². The van der Waals surface area contributed by atoms with Crippen molar-refractivity contribution in [3.63, 3.8) is 0 Å². The summed E-state index contributed by atoms with van der Waals surface area (Å²) in [7, 11) is 0. The van der Waals surface area contributed by atoms with Gasteiger partial charge in [0.2, 0.25) is 0 Å². The van der Waals surface area contributed by atoms with Gasteiger partial charge in [0.1, 0.15) is 0 Å². The number of hydrogen-bond acceptors (Lipinski definition) is 8. The minimum atomic E-state index is -3.36. The molecule has 1 amide bonds. The number of ether oxygens (including phenoxy) is 2. The fourth-order valence-corrected chi connectivity index (χ4v) is 26.4. The first-order chi connectivity index (χ1) is 25.4. The maximum atomic E-state index is 17.8. The monoisotopic (exact) mass is 846 g/mol. The Morgan fingerprint density at radius 2 is 1.66 bits per heavy atom.